The number of allylic oxidation sites excluding steroid dienone is 2. The topological polar surface area (TPSA) is 52.6 Å². The van der Waals surface area contributed by atoms with Gasteiger partial charge in [-0.3, -0.25) is 0 Å². The van der Waals surface area contributed by atoms with Crippen molar-refractivity contribution in [2.75, 3.05) is 13.7 Å². The van der Waals surface area contributed by atoms with E-state index < -0.39 is 11.9 Å². The van der Waals surface area contributed by atoms with Gasteiger partial charge in [-0.2, -0.15) is 0 Å². The number of esters is 2. The summed E-state index contributed by atoms with van der Waals surface area (Å²) < 4.78 is 8.93. The van der Waals surface area contributed by atoms with Crippen molar-refractivity contribution in [3.63, 3.8) is 0 Å². The van der Waals surface area contributed by atoms with Crippen LogP contribution in [0.5, 0.6) is 0 Å². The first-order valence-electron chi connectivity index (χ1n) is 3.80. The summed E-state index contributed by atoms with van der Waals surface area (Å²) >= 11 is 0. The van der Waals surface area contributed by atoms with Crippen molar-refractivity contribution < 1.29 is 19.1 Å². The van der Waals surface area contributed by atoms with Gasteiger partial charge in [0.25, 0.3) is 0 Å². The fourth-order valence-electron chi connectivity index (χ4n) is 0.527. The monoisotopic (exact) mass is 184 g/mol. The van der Waals surface area contributed by atoms with Crippen LogP contribution in [0.1, 0.15) is 6.92 Å². The second-order valence-electron chi connectivity index (χ2n) is 1.99. The van der Waals surface area contributed by atoms with Crippen molar-refractivity contribution in [2.24, 2.45) is 0 Å². The highest BCUT2D eigenvalue weighted by molar-refractivity contribution is 5.84. The van der Waals surface area contributed by atoms with Crippen LogP contribution in [0.4, 0.5) is 0 Å². The third kappa shape index (κ3) is 6.80. The summed E-state index contributed by atoms with van der Waals surface area (Å²) in [6, 6.07) is 0. The molecule has 0 aliphatic rings. The molecular formula is C9H12O4. The number of rotatable bonds is 4. The molecule has 0 bridgehead atoms. The van der Waals surface area contributed by atoms with Gasteiger partial charge in [0.2, 0.25) is 0 Å². The molecule has 0 saturated carbocycles. The first-order valence-corrected chi connectivity index (χ1v) is 3.80. The molecule has 0 aromatic heterocycles. The lowest BCUT2D eigenvalue weighted by Gasteiger charge is -1.92. The van der Waals surface area contributed by atoms with Crippen LogP contribution in [0.3, 0.4) is 0 Å². The molecule has 0 rings (SSSR count). The molecule has 0 unspecified atom stereocenters. The first kappa shape index (κ1) is 11.4. The number of ether oxygens (including phenoxy) is 2. The Balaban J connectivity index is 3.80. The number of carbonyl (C=O) groups is 2. The Kier molecular flexibility index (Phi) is 6.23. The van der Waals surface area contributed by atoms with Gasteiger partial charge < -0.3 is 9.47 Å². The van der Waals surface area contributed by atoms with Gasteiger partial charge in [-0.1, -0.05) is 12.2 Å². The van der Waals surface area contributed by atoms with Crippen LogP contribution < -0.4 is 0 Å². The summed E-state index contributed by atoms with van der Waals surface area (Å²) in [5, 5.41) is 0. The maximum absolute atomic E-state index is 10.7. The molecule has 0 spiro atoms. The molecule has 0 fully saturated rings. The largest absolute Gasteiger partial charge is 0.466 e. The molecule has 0 N–H and O–H groups in total. The molecule has 13 heavy (non-hydrogen) atoms. The van der Waals surface area contributed by atoms with Gasteiger partial charge in [0, 0.05) is 12.2 Å². The van der Waals surface area contributed by atoms with Gasteiger partial charge in [0.05, 0.1) is 13.7 Å². The van der Waals surface area contributed by atoms with Crippen molar-refractivity contribution in [1.82, 2.24) is 0 Å². The third-order valence-electron chi connectivity index (χ3n) is 1.06. The number of methoxy groups -OCH3 is 1. The van der Waals surface area contributed by atoms with Crippen LogP contribution in [-0.4, -0.2) is 25.7 Å². The van der Waals surface area contributed by atoms with E-state index in [1.165, 1.54) is 31.4 Å². The van der Waals surface area contributed by atoms with E-state index in [4.69, 9.17) is 0 Å². The molecule has 0 aliphatic heterocycles. The summed E-state index contributed by atoms with van der Waals surface area (Å²) in [6.07, 6.45) is 5.25. The average molecular weight is 184 g/mol. The zero-order chi connectivity index (χ0) is 10.1. The van der Waals surface area contributed by atoms with Crippen molar-refractivity contribution in [3.8, 4) is 0 Å². The Hall–Kier alpha value is -1.58. The smallest absolute Gasteiger partial charge is 0.330 e. The minimum absolute atomic E-state index is 0.337. The van der Waals surface area contributed by atoms with E-state index in [-0.39, 0.29) is 0 Å². The van der Waals surface area contributed by atoms with Crippen LogP contribution in [0, 0.1) is 0 Å². The van der Waals surface area contributed by atoms with Gasteiger partial charge in [-0.15, -0.1) is 0 Å². The second-order valence-corrected chi connectivity index (χ2v) is 1.99. The van der Waals surface area contributed by atoms with E-state index in [9.17, 15) is 9.59 Å². The quantitative estimate of drug-likeness (QED) is 0.369. The predicted molar refractivity (Wildman–Crippen MR) is 46.9 cm³/mol. The third-order valence-corrected chi connectivity index (χ3v) is 1.06. The predicted octanol–water partition coefficient (Wildman–Crippen LogP) is 0.835. The van der Waals surface area contributed by atoms with Crippen molar-refractivity contribution >= 4 is 11.9 Å². The molecule has 0 radical (unpaired) electrons. The Morgan fingerprint density at radius 2 is 1.69 bits per heavy atom. The zero-order valence-electron chi connectivity index (χ0n) is 7.65. The fourth-order valence-corrected chi connectivity index (χ4v) is 0.527. The highest BCUT2D eigenvalue weighted by Crippen LogP contribution is 1.84. The summed E-state index contributed by atoms with van der Waals surface area (Å²) in [5.74, 6) is -0.898. The summed E-state index contributed by atoms with van der Waals surface area (Å²) in [6.45, 7) is 2.06. The van der Waals surface area contributed by atoms with Crippen molar-refractivity contribution in [1.29, 1.82) is 0 Å². The van der Waals surface area contributed by atoms with Crippen LogP contribution in [0.2, 0.25) is 0 Å². The lowest BCUT2D eigenvalue weighted by molar-refractivity contribution is -0.137. The lowest BCUT2D eigenvalue weighted by atomic mass is 10.4. The van der Waals surface area contributed by atoms with Crippen molar-refractivity contribution in [2.45, 2.75) is 6.92 Å². The number of carbonyl (C=O) groups excluding carboxylic acids is 2. The maximum atomic E-state index is 10.7. The van der Waals surface area contributed by atoms with E-state index in [2.05, 4.69) is 9.47 Å². The van der Waals surface area contributed by atoms with Gasteiger partial charge in [-0.05, 0) is 6.92 Å². The molecule has 72 valence electrons. The molecule has 0 aromatic carbocycles. The Morgan fingerprint density at radius 3 is 2.15 bits per heavy atom. The van der Waals surface area contributed by atoms with E-state index in [1.807, 2.05) is 0 Å². The average Bonchev–Trinajstić information content (AvgIpc) is 2.12. The summed E-state index contributed by atoms with van der Waals surface area (Å²) in [5.41, 5.74) is 0. The van der Waals surface area contributed by atoms with E-state index in [1.54, 1.807) is 6.92 Å². The van der Waals surface area contributed by atoms with Crippen LogP contribution in [0.15, 0.2) is 24.3 Å². The first-order chi connectivity index (χ1) is 6.20. The van der Waals surface area contributed by atoms with Crippen LogP contribution in [-0.2, 0) is 19.1 Å². The Morgan fingerprint density at radius 1 is 1.15 bits per heavy atom. The number of hydrogen-bond donors (Lipinski definition) is 0. The molecule has 0 aliphatic carbocycles. The van der Waals surface area contributed by atoms with Crippen molar-refractivity contribution in [3.05, 3.63) is 24.3 Å². The van der Waals surface area contributed by atoms with Gasteiger partial charge in [0.15, 0.2) is 0 Å². The van der Waals surface area contributed by atoms with Crippen LogP contribution in [0.25, 0.3) is 0 Å². The molecule has 0 saturated heterocycles. The SMILES string of the molecule is CCOC(=O)C=CC=CC(=O)OC. The van der Waals surface area contributed by atoms with E-state index in [0.717, 1.165) is 0 Å². The molecular weight excluding hydrogens is 172 g/mol. The fraction of sp³-hybridized carbons (Fsp3) is 0.333. The molecule has 0 heterocycles. The second kappa shape index (κ2) is 7.09. The zero-order valence-corrected chi connectivity index (χ0v) is 7.65. The minimum atomic E-state index is -0.464. The molecule has 4 heteroatoms. The molecule has 4 nitrogen and oxygen atoms in total. The minimum Gasteiger partial charge on any atom is -0.466 e. The highest BCUT2D eigenvalue weighted by Gasteiger charge is 1.91. The lowest BCUT2D eigenvalue weighted by Crippen LogP contribution is -1.98. The van der Waals surface area contributed by atoms with Crippen LogP contribution >= 0.6 is 0 Å². The maximum Gasteiger partial charge on any atom is 0.330 e. The van der Waals surface area contributed by atoms with E-state index >= 15 is 0 Å². The summed E-state index contributed by atoms with van der Waals surface area (Å²) in [7, 11) is 1.28. The van der Waals surface area contributed by atoms with Gasteiger partial charge >= 0.3 is 11.9 Å². The Labute approximate surface area is 76.8 Å². The molecule has 0 amide bonds. The van der Waals surface area contributed by atoms with Gasteiger partial charge in [0.1, 0.15) is 0 Å². The highest BCUT2D eigenvalue weighted by atomic mass is 16.5. The Bertz CT molecular complexity index is 228. The van der Waals surface area contributed by atoms with E-state index in [0.29, 0.717) is 6.61 Å². The molecule has 0 aromatic rings. The number of hydrogen-bond acceptors (Lipinski definition) is 4. The normalized spacial score (nSPS) is 10.6. The molecule has 0 atom stereocenters. The standard InChI is InChI=1S/C9H12O4/c1-3-13-9(11)7-5-4-6-8(10)12-2/h4-7H,3H2,1-2H3. The van der Waals surface area contributed by atoms with Gasteiger partial charge in [-0.25, -0.2) is 9.59 Å². The summed E-state index contributed by atoms with van der Waals surface area (Å²) in [4.78, 5) is 21.2.